The van der Waals surface area contributed by atoms with Crippen LogP contribution >= 0.6 is 0 Å². The lowest BCUT2D eigenvalue weighted by Gasteiger charge is -2.19. The SMILES string of the molecule is Cc1c(C(O)C(O)CCO)ccc2cccnc12. The highest BCUT2D eigenvalue weighted by atomic mass is 16.3. The van der Waals surface area contributed by atoms with E-state index < -0.39 is 12.2 Å². The quantitative estimate of drug-likeness (QED) is 0.762. The molecule has 0 bridgehead atoms. The van der Waals surface area contributed by atoms with Gasteiger partial charge in [-0.05, 0) is 30.5 Å². The highest BCUT2D eigenvalue weighted by molar-refractivity contribution is 5.82. The molecule has 0 aliphatic rings. The lowest BCUT2D eigenvalue weighted by molar-refractivity contribution is 0.00396. The Kier molecular flexibility index (Phi) is 3.91. The minimum absolute atomic E-state index is 0.150. The number of aryl methyl sites for hydroxylation is 1. The largest absolute Gasteiger partial charge is 0.396 e. The first-order valence-corrected chi connectivity index (χ1v) is 5.96. The second kappa shape index (κ2) is 5.44. The van der Waals surface area contributed by atoms with E-state index in [0.29, 0.717) is 5.56 Å². The molecule has 1 aromatic carbocycles. The van der Waals surface area contributed by atoms with Crippen LogP contribution in [-0.4, -0.2) is 33.0 Å². The monoisotopic (exact) mass is 247 g/mol. The molecule has 0 spiro atoms. The van der Waals surface area contributed by atoms with Crippen molar-refractivity contribution < 1.29 is 15.3 Å². The summed E-state index contributed by atoms with van der Waals surface area (Å²) in [4.78, 5) is 4.29. The van der Waals surface area contributed by atoms with E-state index >= 15 is 0 Å². The number of pyridine rings is 1. The molecule has 0 aliphatic heterocycles. The Morgan fingerprint density at radius 3 is 2.72 bits per heavy atom. The van der Waals surface area contributed by atoms with Gasteiger partial charge in [0.1, 0.15) is 6.10 Å². The topological polar surface area (TPSA) is 73.6 Å². The highest BCUT2D eigenvalue weighted by Crippen LogP contribution is 2.27. The number of aliphatic hydroxyl groups is 3. The Balaban J connectivity index is 2.42. The molecule has 0 fully saturated rings. The first-order chi connectivity index (χ1) is 8.65. The fourth-order valence-electron chi connectivity index (χ4n) is 2.12. The van der Waals surface area contributed by atoms with Crippen LogP contribution in [0.3, 0.4) is 0 Å². The third-order valence-electron chi connectivity index (χ3n) is 3.18. The summed E-state index contributed by atoms with van der Waals surface area (Å²) < 4.78 is 0. The summed E-state index contributed by atoms with van der Waals surface area (Å²) in [6.07, 6.45) is -0.102. The number of rotatable bonds is 4. The van der Waals surface area contributed by atoms with Gasteiger partial charge in [-0.2, -0.15) is 0 Å². The minimum Gasteiger partial charge on any atom is -0.396 e. The van der Waals surface area contributed by atoms with E-state index in [1.165, 1.54) is 0 Å². The second-order valence-corrected chi connectivity index (χ2v) is 4.38. The average molecular weight is 247 g/mol. The van der Waals surface area contributed by atoms with E-state index in [1.54, 1.807) is 12.3 Å². The van der Waals surface area contributed by atoms with E-state index in [4.69, 9.17) is 5.11 Å². The average Bonchev–Trinajstić information content (AvgIpc) is 2.39. The van der Waals surface area contributed by atoms with Crippen LogP contribution in [0.4, 0.5) is 0 Å². The van der Waals surface area contributed by atoms with Crippen molar-refractivity contribution in [2.24, 2.45) is 0 Å². The van der Waals surface area contributed by atoms with Crippen molar-refractivity contribution in [3.63, 3.8) is 0 Å². The van der Waals surface area contributed by atoms with Gasteiger partial charge in [0, 0.05) is 18.2 Å². The molecule has 3 N–H and O–H groups in total. The Hall–Kier alpha value is -1.49. The van der Waals surface area contributed by atoms with Gasteiger partial charge < -0.3 is 15.3 Å². The number of aliphatic hydroxyl groups excluding tert-OH is 3. The third-order valence-corrected chi connectivity index (χ3v) is 3.18. The van der Waals surface area contributed by atoms with Crippen molar-refractivity contribution in [1.82, 2.24) is 4.98 Å². The molecule has 1 aromatic heterocycles. The van der Waals surface area contributed by atoms with Crippen LogP contribution < -0.4 is 0 Å². The lowest BCUT2D eigenvalue weighted by Crippen LogP contribution is -2.20. The number of benzene rings is 1. The summed E-state index contributed by atoms with van der Waals surface area (Å²) in [7, 11) is 0. The van der Waals surface area contributed by atoms with Crippen molar-refractivity contribution in [2.75, 3.05) is 6.61 Å². The maximum Gasteiger partial charge on any atom is 0.105 e. The molecule has 4 heteroatoms. The van der Waals surface area contributed by atoms with Gasteiger partial charge in [0.25, 0.3) is 0 Å². The molecule has 96 valence electrons. The summed E-state index contributed by atoms with van der Waals surface area (Å²) >= 11 is 0. The number of aromatic nitrogens is 1. The summed E-state index contributed by atoms with van der Waals surface area (Å²) in [6, 6.07) is 7.48. The van der Waals surface area contributed by atoms with Crippen molar-refractivity contribution in [2.45, 2.75) is 25.6 Å². The van der Waals surface area contributed by atoms with Crippen molar-refractivity contribution in [1.29, 1.82) is 0 Å². The third kappa shape index (κ3) is 2.36. The van der Waals surface area contributed by atoms with E-state index in [0.717, 1.165) is 16.5 Å². The van der Waals surface area contributed by atoms with Crippen LogP contribution in [0.15, 0.2) is 30.5 Å². The van der Waals surface area contributed by atoms with Crippen molar-refractivity contribution >= 4 is 10.9 Å². The molecular formula is C14H17NO3. The van der Waals surface area contributed by atoms with Crippen LogP contribution in [0, 0.1) is 6.92 Å². The van der Waals surface area contributed by atoms with Gasteiger partial charge in [-0.3, -0.25) is 4.98 Å². The van der Waals surface area contributed by atoms with Gasteiger partial charge in [0.2, 0.25) is 0 Å². The molecule has 18 heavy (non-hydrogen) atoms. The molecule has 0 saturated carbocycles. The summed E-state index contributed by atoms with van der Waals surface area (Å²) in [5.74, 6) is 0. The zero-order valence-corrected chi connectivity index (χ0v) is 10.2. The minimum atomic E-state index is -0.997. The Bertz CT molecular complexity index is 542. The first-order valence-electron chi connectivity index (χ1n) is 5.96. The number of hydrogen-bond acceptors (Lipinski definition) is 4. The fourth-order valence-corrected chi connectivity index (χ4v) is 2.12. The van der Waals surface area contributed by atoms with E-state index in [2.05, 4.69) is 4.98 Å². The summed E-state index contributed by atoms with van der Waals surface area (Å²) in [6.45, 7) is 1.72. The van der Waals surface area contributed by atoms with Gasteiger partial charge in [0.05, 0.1) is 11.6 Å². The number of hydrogen-bond donors (Lipinski definition) is 3. The normalized spacial score (nSPS) is 14.7. The predicted molar refractivity (Wildman–Crippen MR) is 69.1 cm³/mol. The smallest absolute Gasteiger partial charge is 0.105 e. The molecule has 0 amide bonds. The lowest BCUT2D eigenvalue weighted by atomic mass is 9.96. The van der Waals surface area contributed by atoms with Gasteiger partial charge in [-0.15, -0.1) is 0 Å². The molecule has 2 unspecified atom stereocenters. The van der Waals surface area contributed by atoms with E-state index in [-0.39, 0.29) is 13.0 Å². The van der Waals surface area contributed by atoms with Crippen LogP contribution in [0.5, 0.6) is 0 Å². The molecule has 0 aliphatic carbocycles. The fraction of sp³-hybridized carbons (Fsp3) is 0.357. The Morgan fingerprint density at radius 2 is 2.00 bits per heavy atom. The standard InChI is InChI=1S/C14H17NO3/c1-9-11(14(18)12(17)6-8-16)5-4-10-3-2-7-15-13(9)10/h2-5,7,12,14,16-18H,6,8H2,1H3. The van der Waals surface area contributed by atoms with Gasteiger partial charge in [-0.25, -0.2) is 0 Å². The molecule has 2 aromatic rings. The number of nitrogens with zero attached hydrogens (tertiary/aromatic N) is 1. The van der Waals surface area contributed by atoms with Gasteiger partial charge in [-0.1, -0.05) is 18.2 Å². The molecule has 2 rings (SSSR count). The highest BCUT2D eigenvalue weighted by Gasteiger charge is 2.20. The number of fused-ring (bicyclic) bond motifs is 1. The maximum absolute atomic E-state index is 10.1. The summed E-state index contributed by atoms with van der Waals surface area (Å²) in [5.41, 5.74) is 2.34. The predicted octanol–water partition coefficient (Wildman–Crippen LogP) is 1.32. The molecule has 2 atom stereocenters. The first kappa shape index (κ1) is 13.0. The van der Waals surface area contributed by atoms with Gasteiger partial charge >= 0.3 is 0 Å². The maximum atomic E-state index is 10.1. The molecule has 0 radical (unpaired) electrons. The Labute approximate surface area is 106 Å². The zero-order valence-electron chi connectivity index (χ0n) is 10.2. The second-order valence-electron chi connectivity index (χ2n) is 4.38. The molecule has 1 heterocycles. The molecular weight excluding hydrogens is 230 g/mol. The van der Waals surface area contributed by atoms with E-state index in [9.17, 15) is 10.2 Å². The van der Waals surface area contributed by atoms with Crippen LogP contribution in [-0.2, 0) is 0 Å². The van der Waals surface area contributed by atoms with Crippen LogP contribution in [0.2, 0.25) is 0 Å². The van der Waals surface area contributed by atoms with Gasteiger partial charge in [0.15, 0.2) is 0 Å². The van der Waals surface area contributed by atoms with Crippen LogP contribution in [0.25, 0.3) is 10.9 Å². The summed E-state index contributed by atoms with van der Waals surface area (Å²) in [5, 5.41) is 29.6. The van der Waals surface area contributed by atoms with E-state index in [1.807, 2.05) is 25.1 Å². The van der Waals surface area contributed by atoms with Crippen LogP contribution in [0.1, 0.15) is 23.7 Å². The molecule has 0 saturated heterocycles. The van der Waals surface area contributed by atoms with Crippen molar-refractivity contribution in [3.8, 4) is 0 Å². The molecule has 4 nitrogen and oxygen atoms in total. The Morgan fingerprint density at radius 1 is 1.22 bits per heavy atom. The van der Waals surface area contributed by atoms with Crippen molar-refractivity contribution in [3.05, 3.63) is 41.6 Å². The zero-order chi connectivity index (χ0) is 13.1.